The first-order valence-corrected chi connectivity index (χ1v) is 21.2. The van der Waals surface area contributed by atoms with Crippen molar-refractivity contribution in [1.82, 2.24) is 0 Å². The van der Waals surface area contributed by atoms with Gasteiger partial charge in [-0.2, -0.15) is 0 Å². The van der Waals surface area contributed by atoms with Gasteiger partial charge in [0.1, 0.15) is 11.2 Å². The Bertz CT molecular complexity index is 3510. The van der Waals surface area contributed by atoms with Crippen molar-refractivity contribution in [3.63, 3.8) is 0 Å². The molecule has 4 heteroatoms. The molecular weight excluding hydrogens is 743 g/mol. The zero-order valence-electron chi connectivity index (χ0n) is 31.2. The van der Waals surface area contributed by atoms with Gasteiger partial charge in [-0.3, -0.25) is 0 Å². The largest absolute Gasteiger partial charge is 0.456 e. The standard InChI is InChI=1S/C54H33NOS2/c1-4-15-34(16-5-1)37-31-43(36-19-8-3-9-20-36)51-44-33-38(27-30-47(44)56-48(51)32-37)55(46-24-14-23-41-40-21-10-12-25-49(40)57-53(41)46)45-29-28-39(35-17-6-2-7-18-35)54-52(45)42-22-11-13-26-50(42)58-54/h1-33H. The van der Waals surface area contributed by atoms with Crippen LogP contribution in [0.5, 0.6) is 0 Å². The predicted octanol–water partition coefficient (Wildman–Crippen LogP) is 16.8. The zero-order chi connectivity index (χ0) is 38.2. The SMILES string of the molecule is c1ccc(-c2cc(-c3ccccc3)c3c(c2)oc2ccc(N(c4cccc5c4sc4ccccc45)c4ccc(-c5ccccc5)c5sc6ccccc6c45)cc23)cc1. The molecule has 0 aliphatic heterocycles. The van der Waals surface area contributed by atoms with Crippen molar-refractivity contribution >= 4 is 102 Å². The van der Waals surface area contributed by atoms with Crippen LogP contribution in [0.15, 0.2) is 205 Å². The van der Waals surface area contributed by atoms with Crippen molar-refractivity contribution in [2.45, 2.75) is 0 Å². The molecule has 0 saturated heterocycles. The molecule has 0 aliphatic carbocycles. The monoisotopic (exact) mass is 775 g/mol. The summed E-state index contributed by atoms with van der Waals surface area (Å²) in [6, 6.07) is 72.5. The van der Waals surface area contributed by atoms with Gasteiger partial charge >= 0.3 is 0 Å². The zero-order valence-corrected chi connectivity index (χ0v) is 32.9. The van der Waals surface area contributed by atoms with Gasteiger partial charge in [0, 0.05) is 52.1 Å². The van der Waals surface area contributed by atoms with Crippen LogP contribution in [0.1, 0.15) is 0 Å². The molecule has 0 atom stereocenters. The Morgan fingerprint density at radius 3 is 1.72 bits per heavy atom. The van der Waals surface area contributed by atoms with E-state index in [0.29, 0.717) is 0 Å². The van der Waals surface area contributed by atoms with E-state index in [-0.39, 0.29) is 0 Å². The number of hydrogen-bond donors (Lipinski definition) is 0. The molecule has 0 N–H and O–H groups in total. The summed E-state index contributed by atoms with van der Waals surface area (Å²) >= 11 is 3.74. The van der Waals surface area contributed by atoms with E-state index in [1.165, 1.54) is 51.5 Å². The molecule has 0 fully saturated rings. The van der Waals surface area contributed by atoms with Crippen LogP contribution >= 0.6 is 22.7 Å². The van der Waals surface area contributed by atoms with Crippen molar-refractivity contribution in [1.29, 1.82) is 0 Å². The highest BCUT2D eigenvalue weighted by molar-refractivity contribution is 7.27. The number of furan rings is 1. The summed E-state index contributed by atoms with van der Waals surface area (Å²) in [6.07, 6.45) is 0. The minimum absolute atomic E-state index is 0.867. The summed E-state index contributed by atoms with van der Waals surface area (Å²) in [5, 5.41) is 7.28. The maximum absolute atomic E-state index is 6.80. The second kappa shape index (κ2) is 13.3. The molecule has 272 valence electrons. The van der Waals surface area contributed by atoms with E-state index in [1.807, 2.05) is 22.7 Å². The first-order chi connectivity index (χ1) is 28.8. The molecule has 0 saturated carbocycles. The van der Waals surface area contributed by atoms with Crippen molar-refractivity contribution in [2.24, 2.45) is 0 Å². The summed E-state index contributed by atoms with van der Waals surface area (Å²) in [7, 11) is 0. The fraction of sp³-hybridized carbons (Fsp3) is 0. The highest BCUT2D eigenvalue weighted by Crippen LogP contribution is 2.52. The fourth-order valence-corrected chi connectivity index (χ4v) is 11.3. The second-order valence-corrected chi connectivity index (χ2v) is 16.9. The molecule has 12 rings (SSSR count). The summed E-state index contributed by atoms with van der Waals surface area (Å²) in [5.74, 6) is 0. The summed E-state index contributed by atoms with van der Waals surface area (Å²) < 4.78 is 11.9. The van der Waals surface area contributed by atoms with E-state index in [4.69, 9.17) is 4.42 Å². The van der Waals surface area contributed by atoms with Crippen molar-refractivity contribution in [3.05, 3.63) is 200 Å². The Morgan fingerprint density at radius 1 is 0.345 bits per heavy atom. The molecular formula is C54H33NOS2. The number of benzene rings is 9. The quantitative estimate of drug-likeness (QED) is 0.167. The van der Waals surface area contributed by atoms with E-state index in [9.17, 15) is 0 Å². The first-order valence-electron chi connectivity index (χ1n) is 19.6. The Balaban J connectivity index is 1.18. The van der Waals surface area contributed by atoms with Crippen LogP contribution in [-0.4, -0.2) is 0 Å². The van der Waals surface area contributed by atoms with Gasteiger partial charge in [-0.25, -0.2) is 0 Å². The summed E-state index contributed by atoms with van der Waals surface area (Å²) in [6.45, 7) is 0. The van der Waals surface area contributed by atoms with Crippen LogP contribution in [0.2, 0.25) is 0 Å². The van der Waals surface area contributed by atoms with Gasteiger partial charge in [0.15, 0.2) is 0 Å². The van der Waals surface area contributed by atoms with Crippen molar-refractivity contribution in [2.75, 3.05) is 4.90 Å². The van der Waals surface area contributed by atoms with Crippen LogP contribution in [0.3, 0.4) is 0 Å². The maximum Gasteiger partial charge on any atom is 0.136 e. The van der Waals surface area contributed by atoms with E-state index >= 15 is 0 Å². The Kier molecular flexibility index (Phi) is 7.62. The van der Waals surface area contributed by atoms with E-state index in [1.54, 1.807) is 0 Å². The van der Waals surface area contributed by atoms with Crippen molar-refractivity contribution < 1.29 is 4.42 Å². The summed E-state index contributed by atoms with van der Waals surface area (Å²) in [5.41, 5.74) is 12.2. The molecule has 58 heavy (non-hydrogen) atoms. The van der Waals surface area contributed by atoms with Crippen LogP contribution in [0.4, 0.5) is 17.1 Å². The minimum atomic E-state index is 0.867. The lowest BCUT2D eigenvalue weighted by molar-refractivity contribution is 0.669. The lowest BCUT2D eigenvalue weighted by Gasteiger charge is -2.27. The van der Waals surface area contributed by atoms with Gasteiger partial charge in [-0.1, -0.05) is 146 Å². The molecule has 0 unspecified atom stereocenters. The molecule has 9 aromatic carbocycles. The second-order valence-electron chi connectivity index (χ2n) is 14.8. The number of rotatable bonds is 6. The molecule has 3 aromatic heterocycles. The number of fused-ring (bicyclic) bond motifs is 9. The average Bonchev–Trinajstić information content (AvgIpc) is 3.99. The van der Waals surface area contributed by atoms with Gasteiger partial charge in [0.05, 0.1) is 16.1 Å². The van der Waals surface area contributed by atoms with Gasteiger partial charge in [-0.15, -0.1) is 22.7 Å². The Labute approximate surface area is 343 Å². The molecule has 2 nitrogen and oxygen atoms in total. The molecule has 12 aromatic rings. The van der Waals surface area contributed by atoms with E-state index < -0.39 is 0 Å². The molecule has 0 aliphatic rings. The smallest absolute Gasteiger partial charge is 0.136 e. The van der Waals surface area contributed by atoms with Gasteiger partial charge < -0.3 is 9.32 Å². The van der Waals surface area contributed by atoms with Gasteiger partial charge in [0.25, 0.3) is 0 Å². The third-order valence-electron chi connectivity index (χ3n) is 11.5. The maximum atomic E-state index is 6.80. The number of nitrogens with zero attached hydrogens (tertiary/aromatic N) is 1. The van der Waals surface area contributed by atoms with E-state index in [2.05, 4.69) is 205 Å². The first kappa shape index (κ1) is 33.2. The Morgan fingerprint density at radius 2 is 0.966 bits per heavy atom. The van der Waals surface area contributed by atoms with Crippen molar-refractivity contribution in [3.8, 4) is 33.4 Å². The minimum Gasteiger partial charge on any atom is -0.456 e. The molecule has 0 spiro atoms. The lowest BCUT2D eigenvalue weighted by atomic mass is 9.94. The van der Waals surface area contributed by atoms with Gasteiger partial charge in [0.2, 0.25) is 0 Å². The Hall–Kier alpha value is -6.98. The average molecular weight is 776 g/mol. The fourth-order valence-electron chi connectivity index (χ4n) is 8.83. The molecule has 0 radical (unpaired) electrons. The third kappa shape index (κ3) is 5.23. The predicted molar refractivity (Wildman–Crippen MR) is 250 cm³/mol. The van der Waals surface area contributed by atoms with Gasteiger partial charge in [-0.05, 0) is 88.0 Å². The molecule has 0 bridgehead atoms. The summed E-state index contributed by atoms with van der Waals surface area (Å²) in [4.78, 5) is 2.51. The van der Waals surface area contributed by atoms with E-state index in [0.717, 1.165) is 61.3 Å². The number of thiophene rings is 2. The highest BCUT2D eigenvalue weighted by atomic mass is 32.1. The lowest BCUT2D eigenvalue weighted by Crippen LogP contribution is -2.10. The highest BCUT2D eigenvalue weighted by Gasteiger charge is 2.25. The van der Waals surface area contributed by atoms with Crippen LogP contribution in [-0.2, 0) is 0 Å². The topological polar surface area (TPSA) is 16.4 Å². The van der Waals surface area contributed by atoms with Crippen LogP contribution < -0.4 is 4.90 Å². The van der Waals surface area contributed by atoms with Crippen LogP contribution in [0.25, 0.3) is 95.7 Å². The third-order valence-corrected chi connectivity index (χ3v) is 13.9. The number of anilines is 3. The molecule has 3 heterocycles. The number of hydrogen-bond acceptors (Lipinski definition) is 4. The van der Waals surface area contributed by atoms with Crippen LogP contribution in [0, 0.1) is 0 Å². The normalized spacial score (nSPS) is 11.8. The molecule has 0 amide bonds.